The summed E-state index contributed by atoms with van der Waals surface area (Å²) in [5.41, 5.74) is 0. The maximum atomic E-state index is 11.8. The van der Waals surface area contributed by atoms with Crippen LogP contribution in [0.4, 0.5) is 0 Å². The second-order valence-corrected chi connectivity index (χ2v) is 5.84. The maximum absolute atomic E-state index is 11.8. The van der Waals surface area contributed by atoms with E-state index in [1.165, 1.54) is 11.8 Å². The molecule has 1 fully saturated rings. The molecule has 1 heterocycles. The molecule has 6 nitrogen and oxygen atoms in total. The Hall–Kier alpha value is -1.08. The van der Waals surface area contributed by atoms with E-state index < -0.39 is 0 Å². The molecular weight excluding hydrogens is 250 g/mol. The molecule has 1 saturated carbocycles. The Morgan fingerprint density at radius 2 is 2.28 bits per heavy atom. The molecule has 0 aromatic carbocycles. The van der Waals surface area contributed by atoms with Crippen molar-refractivity contribution in [1.82, 2.24) is 25.4 Å². The van der Waals surface area contributed by atoms with Gasteiger partial charge in [-0.25, -0.2) is 0 Å². The Labute approximate surface area is 111 Å². The Morgan fingerprint density at radius 1 is 1.56 bits per heavy atom. The predicted molar refractivity (Wildman–Crippen MR) is 70.3 cm³/mol. The largest absolute Gasteiger partial charge is 0.352 e. The first-order valence-corrected chi connectivity index (χ1v) is 6.99. The van der Waals surface area contributed by atoms with Gasteiger partial charge in [-0.05, 0) is 26.8 Å². The molecule has 7 heteroatoms. The molecule has 1 amide bonds. The zero-order valence-electron chi connectivity index (χ0n) is 10.9. The highest BCUT2D eigenvalue weighted by Crippen LogP contribution is 2.24. The molecule has 1 aliphatic rings. The summed E-state index contributed by atoms with van der Waals surface area (Å²) in [6.07, 6.45) is 2.22. The third-order valence-corrected chi connectivity index (χ3v) is 3.97. The van der Waals surface area contributed by atoms with Gasteiger partial charge in [0.2, 0.25) is 5.91 Å². The molecule has 2 N–H and O–H groups in total. The predicted octanol–water partition coefficient (Wildman–Crippen LogP) is 0.294. The molecule has 0 bridgehead atoms. The van der Waals surface area contributed by atoms with E-state index in [0.29, 0.717) is 12.6 Å². The van der Waals surface area contributed by atoms with Gasteiger partial charge in [-0.3, -0.25) is 4.79 Å². The topological polar surface area (TPSA) is 71.8 Å². The highest BCUT2D eigenvalue weighted by Gasteiger charge is 2.26. The van der Waals surface area contributed by atoms with Gasteiger partial charge in [0.15, 0.2) is 5.16 Å². The summed E-state index contributed by atoms with van der Waals surface area (Å²) in [7, 11) is 3.79. The minimum atomic E-state index is -0.143. The van der Waals surface area contributed by atoms with Crippen LogP contribution in [0.15, 0.2) is 5.16 Å². The van der Waals surface area contributed by atoms with E-state index in [1.54, 1.807) is 0 Å². The van der Waals surface area contributed by atoms with Crippen LogP contribution in [-0.2, 0) is 18.4 Å². The average Bonchev–Trinajstić information content (AvgIpc) is 3.09. The summed E-state index contributed by atoms with van der Waals surface area (Å²) in [6, 6.07) is 0.403. The number of hydrogen-bond acceptors (Lipinski definition) is 5. The smallest absolute Gasteiger partial charge is 0.233 e. The number of nitrogens with one attached hydrogen (secondary N) is 2. The molecule has 2 rings (SSSR count). The van der Waals surface area contributed by atoms with Gasteiger partial charge >= 0.3 is 0 Å². The van der Waals surface area contributed by atoms with Crippen LogP contribution in [0.3, 0.4) is 0 Å². The third kappa shape index (κ3) is 3.23. The number of carbonyl (C=O) groups is 1. The zero-order chi connectivity index (χ0) is 13.1. The van der Waals surface area contributed by atoms with Crippen molar-refractivity contribution in [3.63, 3.8) is 0 Å². The molecule has 0 aliphatic heterocycles. The number of carbonyl (C=O) groups excluding carboxylic acids is 1. The molecule has 0 radical (unpaired) electrons. The quantitative estimate of drug-likeness (QED) is 0.727. The maximum Gasteiger partial charge on any atom is 0.233 e. The van der Waals surface area contributed by atoms with Crippen LogP contribution in [0.25, 0.3) is 0 Å². The van der Waals surface area contributed by atoms with Crippen LogP contribution < -0.4 is 10.6 Å². The van der Waals surface area contributed by atoms with Gasteiger partial charge in [-0.15, -0.1) is 10.2 Å². The fourth-order valence-corrected chi connectivity index (χ4v) is 2.36. The van der Waals surface area contributed by atoms with Crippen LogP contribution in [-0.4, -0.2) is 39.0 Å². The van der Waals surface area contributed by atoms with Crippen LogP contribution in [0.1, 0.15) is 25.6 Å². The van der Waals surface area contributed by atoms with Crippen molar-refractivity contribution in [3.8, 4) is 0 Å². The van der Waals surface area contributed by atoms with Gasteiger partial charge in [0, 0.05) is 13.1 Å². The first-order valence-electron chi connectivity index (χ1n) is 6.11. The number of amides is 1. The van der Waals surface area contributed by atoms with Crippen LogP contribution in [0, 0.1) is 0 Å². The molecule has 1 aromatic rings. The molecule has 1 atom stereocenters. The van der Waals surface area contributed by atoms with Crippen molar-refractivity contribution < 1.29 is 4.79 Å². The monoisotopic (exact) mass is 269 g/mol. The summed E-state index contributed by atoms with van der Waals surface area (Å²) in [5.74, 6) is 0.954. The highest BCUT2D eigenvalue weighted by molar-refractivity contribution is 8.00. The van der Waals surface area contributed by atoms with Crippen LogP contribution in [0.2, 0.25) is 0 Å². The second kappa shape index (κ2) is 5.71. The van der Waals surface area contributed by atoms with Gasteiger partial charge in [0.1, 0.15) is 5.82 Å². The van der Waals surface area contributed by atoms with E-state index in [2.05, 4.69) is 20.8 Å². The summed E-state index contributed by atoms with van der Waals surface area (Å²) >= 11 is 1.44. The summed E-state index contributed by atoms with van der Waals surface area (Å²) < 4.78 is 1.92. The van der Waals surface area contributed by atoms with E-state index in [1.807, 2.05) is 25.6 Å². The molecule has 100 valence electrons. The molecule has 0 saturated heterocycles. The molecular formula is C11H19N5OS. The zero-order valence-corrected chi connectivity index (χ0v) is 11.8. The fraction of sp³-hybridized carbons (Fsp3) is 0.727. The van der Waals surface area contributed by atoms with E-state index in [-0.39, 0.29) is 11.2 Å². The molecule has 0 unspecified atom stereocenters. The Kier molecular flexibility index (Phi) is 4.23. The normalized spacial score (nSPS) is 16.6. The van der Waals surface area contributed by atoms with E-state index in [9.17, 15) is 4.79 Å². The van der Waals surface area contributed by atoms with Gasteiger partial charge in [0.25, 0.3) is 0 Å². The number of thioether (sulfide) groups is 1. The Balaban J connectivity index is 1.93. The minimum absolute atomic E-state index is 0.0840. The summed E-state index contributed by atoms with van der Waals surface area (Å²) in [5, 5.41) is 14.9. The SMILES string of the molecule is CNCc1nnc(S[C@H](C)C(=O)NC2CC2)n1C. The lowest BCUT2D eigenvalue weighted by atomic mass is 10.4. The lowest BCUT2D eigenvalue weighted by Crippen LogP contribution is -2.32. The van der Waals surface area contributed by atoms with Gasteiger partial charge in [0.05, 0.1) is 11.8 Å². The standard InChI is InChI=1S/C11H19N5OS/c1-7(10(17)13-8-4-5-8)18-11-15-14-9(6-12-2)16(11)3/h7-8,12H,4-6H2,1-3H3,(H,13,17)/t7-/m1/s1. The van der Waals surface area contributed by atoms with Crippen molar-refractivity contribution in [3.05, 3.63) is 5.82 Å². The van der Waals surface area contributed by atoms with Gasteiger partial charge in [-0.1, -0.05) is 11.8 Å². The van der Waals surface area contributed by atoms with E-state index in [0.717, 1.165) is 23.8 Å². The number of hydrogen-bond donors (Lipinski definition) is 2. The first-order chi connectivity index (χ1) is 8.61. The van der Waals surface area contributed by atoms with Crippen molar-refractivity contribution in [1.29, 1.82) is 0 Å². The third-order valence-electron chi connectivity index (χ3n) is 2.84. The van der Waals surface area contributed by atoms with Crippen LogP contribution >= 0.6 is 11.8 Å². The fourth-order valence-electron chi connectivity index (χ4n) is 1.52. The summed E-state index contributed by atoms with van der Waals surface area (Å²) in [6.45, 7) is 2.57. The Morgan fingerprint density at radius 3 is 2.89 bits per heavy atom. The highest BCUT2D eigenvalue weighted by atomic mass is 32.2. The van der Waals surface area contributed by atoms with Gasteiger partial charge in [-0.2, -0.15) is 0 Å². The van der Waals surface area contributed by atoms with E-state index in [4.69, 9.17) is 0 Å². The second-order valence-electron chi connectivity index (χ2n) is 4.53. The van der Waals surface area contributed by atoms with Crippen molar-refractivity contribution >= 4 is 17.7 Å². The number of rotatable bonds is 6. The number of aromatic nitrogens is 3. The average molecular weight is 269 g/mol. The lowest BCUT2D eigenvalue weighted by Gasteiger charge is -2.10. The van der Waals surface area contributed by atoms with Gasteiger partial charge < -0.3 is 15.2 Å². The summed E-state index contributed by atoms with van der Waals surface area (Å²) in [4.78, 5) is 11.8. The van der Waals surface area contributed by atoms with Crippen molar-refractivity contribution in [2.45, 2.75) is 42.8 Å². The molecule has 1 aliphatic carbocycles. The lowest BCUT2D eigenvalue weighted by molar-refractivity contribution is -0.120. The Bertz CT molecular complexity index is 429. The van der Waals surface area contributed by atoms with E-state index >= 15 is 0 Å². The van der Waals surface area contributed by atoms with Crippen molar-refractivity contribution in [2.24, 2.45) is 7.05 Å². The number of nitrogens with zero attached hydrogens (tertiary/aromatic N) is 3. The van der Waals surface area contributed by atoms with Crippen LogP contribution in [0.5, 0.6) is 0 Å². The first kappa shape index (κ1) is 13.4. The molecule has 18 heavy (non-hydrogen) atoms. The molecule has 0 spiro atoms. The van der Waals surface area contributed by atoms with Crippen molar-refractivity contribution in [2.75, 3.05) is 7.05 Å². The molecule has 1 aromatic heterocycles. The minimum Gasteiger partial charge on any atom is -0.352 e.